The third-order valence-electron chi connectivity index (χ3n) is 6.78. The first-order valence-electron chi connectivity index (χ1n) is 10.5. The average molecular weight is 415 g/mol. The summed E-state index contributed by atoms with van der Waals surface area (Å²) in [4.78, 5) is 0. The number of thioether (sulfide) groups is 1. The fourth-order valence-electron chi connectivity index (χ4n) is 5.26. The van der Waals surface area contributed by atoms with Crippen LogP contribution in [0, 0.1) is 0 Å². The maximum absolute atomic E-state index is 7.32. The van der Waals surface area contributed by atoms with Crippen LogP contribution in [0.5, 0.6) is 0 Å². The number of hydrogen-bond acceptors (Lipinski definition) is 4. The highest BCUT2D eigenvalue weighted by atomic mass is 32.2. The summed E-state index contributed by atoms with van der Waals surface area (Å²) in [7, 11) is -4.90. The minimum absolute atomic E-state index is 0.0772. The molecule has 3 rings (SSSR count). The lowest BCUT2D eigenvalue weighted by Crippen LogP contribution is -2.68. The Bertz CT molecular complexity index is 533. The van der Waals surface area contributed by atoms with Crippen molar-refractivity contribution in [2.75, 3.05) is 0 Å². The van der Waals surface area contributed by atoms with Gasteiger partial charge in [0.15, 0.2) is 0 Å². The third kappa shape index (κ3) is 3.03. The minimum Gasteiger partial charge on any atom is -0.414 e. The predicted molar refractivity (Wildman–Crippen MR) is 116 cm³/mol. The molecule has 1 saturated carbocycles. The first-order valence-corrected chi connectivity index (χ1v) is 15.3. The fourth-order valence-corrected chi connectivity index (χ4v) is 18.1. The normalized spacial score (nSPS) is 35.8. The zero-order chi connectivity index (χ0) is 19.3. The number of rotatable bonds is 4. The lowest BCUT2D eigenvalue weighted by Gasteiger charge is -2.55. The second-order valence-corrected chi connectivity index (χ2v) is 19.7. The fraction of sp³-hybridized carbons (Fsp3) is 0.900. The van der Waals surface area contributed by atoms with E-state index in [1.54, 1.807) is 0 Å². The highest BCUT2D eigenvalue weighted by Gasteiger charge is 2.64. The molecule has 3 aliphatic rings. The van der Waals surface area contributed by atoms with Gasteiger partial charge in [-0.15, -0.1) is 11.8 Å². The summed E-state index contributed by atoms with van der Waals surface area (Å²) >= 11 is 1.97. The molecule has 1 aliphatic carbocycles. The van der Waals surface area contributed by atoms with Crippen LogP contribution in [0.15, 0.2) is 11.5 Å². The van der Waals surface area contributed by atoms with Crippen molar-refractivity contribution in [3.8, 4) is 0 Å². The molecule has 0 aromatic heterocycles. The van der Waals surface area contributed by atoms with Crippen LogP contribution >= 0.6 is 11.8 Å². The molecule has 6 heteroatoms. The molecule has 2 heterocycles. The Balaban J connectivity index is 2.15. The van der Waals surface area contributed by atoms with Gasteiger partial charge in [0.05, 0.1) is 17.0 Å². The van der Waals surface area contributed by atoms with Crippen LogP contribution in [-0.2, 0) is 13.0 Å². The van der Waals surface area contributed by atoms with Crippen molar-refractivity contribution in [3.63, 3.8) is 0 Å². The quantitative estimate of drug-likeness (QED) is 0.491. The Hall–Kier alpha value is 0.404. The van der Waals surface area contributed by atoms with Crippen molar-refractivity contribution in [2.24, 2.45) is 0 Å². The van der Waals surface area contributed by atoms with Crippen molar-refractivity contribution in [2.45, 2.75) is 114 Å². The molecule has 3 nitrogen and oxygen atoms in total. The molecule has 0 bridgehead atoms. The average Bonchev–Trinajstić information content (AvgIpc) is 3.10. The summed E-state index contributed by atoms with van der Waals surface area (Å²) < 4.78 is 21.7. The van der Waals surface area contributed by atoms with Gasteiger partial charge in [-0.1, -0.05) is 55.4 Å². The van der Waals surface area contributed by atoms with Crippen molar-refractivity contribution in [1.82, 2.24) is 0 Å². The molecule has 1 saturated heterocycles. The Labute approximate surface area is 167 Å². The van der Waals surface area contributed by atoms with E-state index in [2.05, 4.69) is 66.9 Å². The van der Waals surface area contributed by atoms with E-state index in [0.717, 1.165) is 6.42 Å². The van der Waals surface area contributed by atoms with Crippen LogP contribution in [0.25, 0.3) is 0 Å². The van der Waals surface area contributed by atoms with Crippen molar-refractivity contribution in [3.05, 3.63) is 11.5 Å². The van der Waals surface area contributed by atoms with Crippen molar-refractivity contribution in [1.29, 1.82) is 0 Å². The van der Waals surface area contributed by atoms with Crippen molar-refractivity contribution >= 4 is 28.9 Å². The summed E-state index contributed by atoms with van der Waals surface area (Å²) in [6, 6.07) is 0. The smallest absolute Gasteiger partial charge is 0.335 e. The Kier molecular flexibility index (Phi) is 5.96. The van der Waals surface area contributed by atoms with E-state index in [9.17, 15) is 0 Å². The summed E-state index contributed by atoms with van der Waals surface area (Å²) in [5, 5.41) is 2.27. The highest BCUT2D eigenvalue weighted by Crippen LogP contribution is 2.57. The van der Waals surface area contributed by atoms with Crippen molar-refractivity contribution < 1.29 is 13.0 Å². The molecular formula is C20H38O3SSi2. The van der Waals surface area contributed by atoms with E-state index < -0.39 is 17.1 Å². The summed E-state index contributed by atoms with van der Waals surface area (Å²) in [6.45, 7) is 18.5. The van der Waals surface area contributed by atoms with Crippen LogP contribution in [-0.4, -0.2) is 34.1 Å². The standard InChI is InChI=1S/C20H38O3SSi2/c1-14(2)25(15(3)4)21-18-10-9-12-20(18)19(11-13-24-20)22-26(23-25,16(5)6)17(7)8/h11,13-19H,9-10,12H2,1-8H3/t18-,19-,20-/m0/s1. The van der Waals surface area contributed by atoms with Gasteiger partial charge in [-0.3, -0.25) is 0 Å². The molecule has 0 unspecified atom stereocenters. The Morgan fingerprint density at radius 3 is 1.96 bits per heavy atom. The molecular weight excluding hydrogens is 376 g/mol. The van der Waals surface area contributed by atoms with E-state index in [1.165, 1.54) is 12.8 Å². The highest BCUT2D eigenvalue weighted by molar-refractivity contribution is 8.03. The van der Waals surface area contributed by atoms with Gasteiger partial charge in [0.25, 0.3) is 0 Å². The maximum atomic E-state index is 7.32. The largest absolute Gasteiger partial charge is 0.414 e. The lowest BCUT2D eigenvalue weighted by molar-refractivity contribution is 0.0272. The van der Waals surface area contributed by atoms with E-state index in [1.807, 2.05) is 11.8 Å². The van der Waals surface area contributed by atoms with Gasteiger partial charge < -0.3 is 13.0 Å². The van der Waals surface area contributed by atoms with Gasteiger partial charge in [0.1, 0.15) is 0 Å². The van der Waals surface area contributed by atoms with Gasteiger partial charge in [0.2, 0.25) is 0 Å². The minimum atomic E-state index is -2.46. The van der Waals surface area contributed by atoms with Crippen LogP contribution in [0.2, 0.25) is 22.2 Å². The first kappa shape index (κ1) is 21.1. The van der Waals surface area contributed by atoms with Crippen LogP contribution in [0.1, 0.15) is 74.7 Å². The van der Waals surface area contributed by atoms with Gasteiger partial charge >= 0.3 is 17.1 Å². The third-order valence-corrected chi connectivity index (χ3v) is 18.5. The molecule has 1 spiro atoms. The lowest BCUT2D eigenvalue weighted by atomic mass is 9.98. The van der Waals surface area contributed by atoms with E-state index in [0.29, 0.717) is 22.2 Å². The van der Waals surface area contributed by atoms with E-state index >= 15 is 0 Å². The molecule has 2 aliphatic heterocycles. The first-order chi connectivity index (χ1) is 12.1. The molecule has 0 aromatic carbocycles. The molecule has 0 radical (unpaired) electrons. The molecule has 26 heavy (non-hydrogen) atoms. The van der Waals surface area contributed by atoms with Gasteiger partial charge in [-0.05, 0) is 52.9 Å². The van der Waals surface area contributed by atoms with E-state index in [4.69, 9.17) is 13.0 Å². The van der Waals surface area contributed by atoms with E-state index in [-0.39, 0.29) is 17.0 Å². The molecule has 0 N–H and O–H groups in total. The maximum Gasteiger partial charge on any atom is 0.335 e. The van der Waals surface area contributed by atoms with Gasteiger partial charge in [0, 0.05) is 0 Å². The van der Waals surface area contributed by atoms with Crippen LogP contribution < -0.4 is 0 Å². The van der Waals surface area contributed by atoms with Crippen LogP contribution in [0.4, 0.5) is 0 Å². The molecule has 150 valence electrons. The summed E-state index contributed by atoms with van der Waals surface area (Å²) in [5.41, 5.74) is 1.65. The van der Waals surface area contributed by atoms with Gasteiger partial charge in [-0.25, -0.2) is 0 Å². The molecule has 2 fully saturated rings. The number of hydrogen-bond donors (Lipinski definition) is 0. The topological polar surface area (TPSA) is 27.7 Å². The Morgan fingerprint density at radius 1 is 0.885 bits per heavy atom. The summed E-state index contributed by atoms with van der Waals surface area (Å²) in [6.07, 6.45) is 6.27. The summed E-state index contributed by atoms with van der Waals surface area (Å²) in [5.74, 6) is 0. The SMILES string of the molecule is CC(C)[Si]1(C(C)C)O[C@H]2C=CS[C@]23CCC[C@@H]3O[Si](C(C)C)(C(C)C)O1. The zero-order valence-electron chi connectivity index (χ0n) is 17.9. The second kappa shape index (κ2) is 7.34. The second-order valence-electron chi connectivity index (χ2n) is 9.60. The molecule has 0 aromatic rings. The monoisotopic (exact) mass is 414 g/mol. The zero-order valence-corrected chi connectivity index (χ0v) is 20.7. The molecule has 0 amide bonds. The molecule has 3 atom stereocenters. The van der Waals surface area contributed by atoms with Crippen LogP contribution in [0.3, 0.4) is 0 Å². The van der Waals surface area contributed by atoms with Gasteiger partial charge in [-0.2, -0.15) is 0 Å². The Morgan fingerprint density at radius 2 is 1.42 bits per heavy atom. The predicted octanol–water partition coefficient (Wildman–Crippen LogP) is 6.49.